The fourth-order valence-corrected chi connectivity index (χ4v) is 7.91. The third-order valence-corrected chi connectivity index (χ3v) is 10.2. The first-order valence-electron chi connectivity index (χ1n) is 13.0. The Labute approximate surface area is 243 Å². The Kier molecular flexibility index (Phi) is 6.28. The van der Waals surface area contributed by atoms with E-state index in [9.17, 15) is 33.5 Å². The Balaban J connectivity index is 1.51. The van der Waals surface area contributed by atoms with Gasteiger partial charge in [0.05, 0.1) is 23.9 Å². The van der Waals surface area contributed by atoms with E-state index in [4.69, 9.17) is 28.3 Å². The van der Waals surface area contributed by atoms with Crippen molar-refractivity contribution in [3.63, 3.8) is 0 Å². The average Bonchev–Trinajstić information content (AvgIpc) is 3.25. The van der Waals surface area contributed by atoms with Crippen molar-refractivity contribution in [1.82, 2.24) is 4.90 Å². The smallest absolute Gasteiger partial charge is 0.305 e. The molecule has 2 saturated heterocycles. The van der Waals surface area contributed by atoms with Gasteiger partial charge in [0.25, 0.3) is 11.8 Å². The summed E-state index contributed by atoms with van der Waals surface area (Å²) in [6, 6.07) is 10.7. The number of carbonyl (C=O) groups excluding carboxylic acids is 4. The van der Waals surface area contributed by atoms with Gasteiger partial charge >= 0.3 is 5.97 Å². The van der Waals surface area contributed by atoms with E-state index in [1.807, 2.05) is 0 Å². The van der Waals surface area contributed by atoms with E-state index in [0.717, 1.165) is 21.9 Å². The van der Waals surface area contributed by atoms with Crippen molar-refractivity contribution in [2.24, 2.45) is 17.8 Å². The van der Waals surface area contributed by atoms with Gasteiger partial charge in [-0.05, 0) is 60.7 Å². The second kappa shape index (κ2) is 9.39. The molecule has 0 bridgehead atoms. The number of benzene rings is 2. The molecule has 2 aliphatic heterocycles. The summed E-state index contributed by atoms with van der Waals surface area (Å²) in [6.45, 7) is -0.292. The van der Waals surface area contributed by atoms with Crippen LogP contribution in [0.2, 0.25) is 0 Å². The number of carboxylic acids is 1. The van der Waals surface area contributed by atoms with Crippen molar-refractivity contribution in [3.8, 4) is 5.75 Å². The number of fused-ring (bicyclic) bond motifs is 4. The van der Waals surface area contributed by atoms with Crippen LogP contribution < -0.4 is 4.90 Å². The van der Waals surface area contributed by atoms with Gasteiger partial charge < -0.3 is 10.2 Å². The highest BCUT2D eigenvalue weighted by molar-refractivity contribution is 6.58. The lowest BCUT2D eigenvalue weighted by molar-refractivity contribution is -0.142. The summed E-state index contributed by atoms with van der Waals surface area (Å²) in [7, 11) is 0. The minimum Gasteiger partial charge on any atom is -0.508 e. The van der Waals surface area contributed by atoms with Crippen molar-refractivity contribution < 1.29 is 38.6 Å². The number of aromatic hydroxyl groups is 1. The van der Waals surface area contributed by atoms with E-state index in [1.54, 1.807) is 18.2 Å². The van der Waals surface area contributed by atoms with Gasteiger partial charge in [0, 0.05) is 12.5 Å². The molecule has 0 aromatic heterocycles. The van der Waals surface area contributed by atoms with Gasteiger partial charge in [-0.2, -0.15) is 0 Å². The molecule has 41 heavy (non-hydrogen) atoms. The van der Waals surface area contributed by atoms with Crippen LogP contribution in [0.25, 0.3) is 0 Å². The summed E-state index contributed by atoms with van der Waals surface area (Å²) < 4.78 is 13.7. The number of amides is 4. The molecule has 6 atom stereocenters. The van der Waals surface area contributed by atoms with Crippen LogP contribution >= 0.6 is 23.2 Å². The number of anilines is 1. The molecule has 1 saturated carbocycles. The standard InChI is InChI=1S/C29H23Cl2FN2O7/c30-28-13-20-18(8-9-19-22(20)25(39)33(24(19)38)11-10-21(36)37)23(14-2-1-3-17(35)12-14)29(28,31)27(41)34(26(28)40)16-6-4-15(32)5-7-16/h1-8,12,19-20,22-23,35H,9-11,13H2,(H,36,37)/t19-,20+,22-,23-,28+,29-/m0/s1. The molecular weight excluding hydrogens is 578 g/mol. The zero-order chi connectivity index (χ0) is 29.4. The molecule has 212 valence electrons. The fraction of sp³-hybridized carbons (Fsp3) is 0.345. The van der Waals surface area contributed by atoms with Gasteiger partial charge in [-0.15, -0.1) is 23.2 Å². The van der Waals surface area contributed by atoms with Gasteiger partial charge in [0.15, 0.2) is 9.75 Å². The van der Waals surface area contributed by atoms with Crippen molar-refractivity contribution in [1.29, 1.82) is 0 Å². The minimum atomic E-state index is -2.10. The number of carboxylic acid groups (broad SMARTS) is 1. The van der Waals surface area contributed by atoms with Crippen LogP contribution in [0.1, 0.15) is 30.7 Å². The van der Waals surface area contributed by atoms with E-state index >= 15 is 0 Å². The number of carbonyl (C=O) groups is 5. The molecule has 6 rings (SSSR count). The highest BCUT2D eigenvalue weighted by Crippen LogP contribution is 2.65. The van der Waals surface area contributed by atoms with Gasteiger partial charge in [-0.1, -0.05) is 23.8 Å². The molecule has 3 fully saturated rings. The lowest BCUT2D eigenvalue weighted by Gasteiger charge is -2.50. The molecular formula is C29H23Cl2FN2O7. The number of alkyl halides is 2. The van der Waals surface area contributed by atoms with E-state index in [-0.39, 0.29) is 30.8 Å². The lowest BCUT2D eigenvalue weighted by atomic mass is 9.56. The maximum absolute atomic E-state index is 14.2. The number of allylic oxidation sites excluding steroid dienone is 2. The summed E-state index contributed by atoms with van der Waals surface area (Å²) in [5.41, 5.74) is 0.972. The SMILES string of the molecule is O=C(O)CCN1C(=O)[C@H]2[C@H](CC=C3[C@H]2C[C@@]2(Cl)C(=O)N(c4ccc(F)cc4)C(=O)[C@@]2(Cl)[C@H]3c2cccc(O)c2)C1=O. The first kappa shape index (κ1) is 27.4. The fourth-order valence-electron chi connectivity index (χ4n) is 6.97. The summed E-state index contributed by atoms with van der Waals surface area (Å²) in [4.78, 5) is 63.8. The third-order valence-electron chi connectivity index (χ3n) is 8.74. The van der Waals surface area contributed by atoms with Crippen LogP contribution in [0, 0.1) is 23.6 Å². The monoisotopic (exact) mass is 600 g/mol. The number of hydrogen-bond donors (Lipinski definition) is 2. The quantitative estimate of drug-likeness (QED) is 0.304. The molecule has 12 heteroatoms. The number of imide groups is 2. The van der Waals surface area contributed by atoms with Crippen LogP contribution in [-0.4, -0.2) is 61.0 Å². The van der Waals surface area contributed by atoms with Gasteiger partial charge in [-0.25, -0.2) is 9.29 Å². The zero-order valence-corrected chi connectivity index (χ0v) is 22.8. The molecule has 4 amide bonds. The Morgan fingerprint density at radius 1 is 1.00 bits per heavy atom. The zero-order valence-electron chi connectivity index (χ0n) is 21.3. The van der Waals surface area contributed by atoms with E-state index in [1.165, 1.54) is 24.3 Å². The largest absolute Gasteiger partial charge is 0.508 e. The maximum Gasteiger partial charge on any atom is 0.305 e. The molecule has 4 aliphatic rings. The number of likely N-dealkylation sites (tertiary alicyclic amines) is 1. The van der Waals surface area contributed by atoms with E-state index in [0.29, 0.717) is 11.1 Å². The Bertz CT molecular complexity index is 1560. The number of hydrogen-bond acceptors (Lipinski definition) is 6. The van der Waals surface area contributed by atoms with Crippen molar-refractivity contribution >= 4 is 58.5 Å². The van der Waals surface area contributed by atoms with Crippen LogP contribution in [0.3, 0.4) is 0 Å². The molecule has 2 N–H and O–H groups in total. The highest BCUT2D eigenvalue weighted by Gasteiger charge is 2.76. The maximum atomic E-state index is 14.2. The number of halogens is 3. The molecule has 0 unspecified atom stereocenters. The summed E-state index contributed by atoms with van der Waals surface area (Å²) in [6.07, 6.45) is 1.20. The predicted octanol–water partition coefficient (Wildman–Crippen LogP) is 3.57. The van der Waals surface area contributed by atoms with Crippen LogP contribution in [-0.2, 0) is 24.0 Å². The van der Waals surface area contributed by atoms with Crippen LogP contribution in [0.5, 0.6) is 5.75 Å². The lowest BCUT2D eigenvalue weighted by Crippen LogP contribution is -2.60. The average molecular weight is 601 g/mol. The minimum absolute atomic E-state index is 0.0623. The second-order valence-electron chi connectivity index (χ2n) is 10.8. The second-order valence-corrected chi connectivity index (χ2v) is 12.1. The Hall–Kier alpha value is -3.76. The van der Waals surface area contributed by atoms with E-state index in [2.05, 4.69) is 0 Å². The molecule has 2 aromatic carbocycles. The number of aliphatic carboxylic acids is 1. The van der Waals surface area contributed by atoms with Gasteiger partial charge in [0.2, 0.25) is 11.8 Å². The number of nitrogens with zero attached hydrogens (tertiary/aromatic N) is 2. The highest BCUT2D eigenvalue weighted by atomic mass is 35.5. The molecule has 2 heterocycles. The number of phenols is 1. The molecule has 9 nitrogen and oxygen atoms in total. The number of rotatable bonds is 5. The summed E-state index contributed by atoms with van der Waals surface area (Å²) >= 11 is 14.4. The topological polar surface area (TPSA) is 132 Å². The predicted molar refractivity (Wildman–Crippen MR) is 144 cm³/mol. The molecule has 0 spiro atoms. The normalized spacial score (nSPS) is 32.5. The Morgan fingerprint density at radius 3 is 2.37 bits per heavy atom. The summed E-state index contributed by atoms with van der Waals surface area (Å²) in [5, 5.41) is 19.4. The van der Waals surface area contributed by atoms with Gasteiger partial charge in [0.1, 0.15) is 11.6 Å². The molecule has 2 aliphatic carbocycles. The summed E-state index contributed by atoms with van der Waals surface area (Å²) in [5.74, 6) is -8.24. The van der Waals surface area contributed by atoms with E-state index < -0.39 is 75.3 Å². The van der Waals surface area contributed by atoms with Gasteiger partial charge in [-0.3, -0.25) is 28.9 Å². The molecule has 0 radical (unpaired) electrons. The number of phenolic OH excluding ortho intramolecular Hbond substituents is 1. The van der Waals surface area contributed by atoms with Crippen molar-refractivity contribution in [3.05, 3.63) is 71.6 Å². The molecule has 2 aromatic rings. The Morgan fingerprint density at radius 2 is 1.71 bits per heavy atom. The first-order chi connectivity index (χ1) is 19.4. The van der Waals surface area contributed by atoms with Crippen LogP contribution in [0.4, 0.5) is 10.1 Å². The van der Waals surface area contributed by atoms with Crippen molar-refractivity contribution in [2.45, 2.75) is 34.9 Å². The van der Waals surface area contributed by atoms with Crippen molar-refractivity contribution in [2.75, 3.05) is 11.4 Å². The van der Waals surface area contributed by atoms with Crippen LogP contribution in [0.15, 0.2) is 60.2 Å². The first-order valence-corrected chi connectivity index (χ1v) is 13.7. The third kappa shape index (κ3) is 3.76.